The smallest absolute Gasteiger partial charge is 0.174 e. The molecule has 4 nitrogen and oxygen atoms in total. The van der Waals surface area contributed by atoms with Gasteiger partial charge in [0.2, 0.25) is 0 Å². The summed E-state index contributed by atoms with van der Waals surface area (Å²) in [6.45, 7) is 2.76. The minimum Gasteiger partial charge on any atom is -0.461 e. The summed E-state index contributed by atoms with van der Waals surface area (Å²) in [4.78, 5) is 7.77. The van der Waals surface area contributed by atoms with Crippen molar-refractivity contribution in [2.24, 2.45) is 5.73 Å². The van der Waals surface area contributed by atoms with Crippen LogP contribution in [-0.4, -0.2) is 16.5 Å². The van der Waals surface area contributed by atoms with E-state index in [1.807, 2.05) is 18.2 Å². The third-order valence-corrected chi connectivity index (χ3v) is 3.18. The van der Waals surface area contributed by atoms with Crippen molar-refractivity contribution in [3.63, 3.8) is 0 Å². The predicted molar refractivity (Wildman–Crippen MR) is 71.3 cm³/mol. The molecule has 1 unspecified atom stereocenters. The van der Waals surface area contributed by atoms with Crippen LogP contribution in [0.25, 0.3) is 22.6 Å². The standard InChI is InChI=1S/C14H15N3O/c1-9(8-15)10-4-5-11-12(7-10)17-14(16-11)13-3-2-6-18-13/h2-7,9H,8,15H2,1H3,(H,16,17). The van der Waals surface area contributed by atoms with Crippen LogP contribution in [0.15, 0.2) is 41.0 Å². The van der Waals surface area contributed by atoms with Crippen molar-refractivity contribution < 1.29 is 4.42 Å². The van der Waals surface area contributed by atoms with Crippen molar-refractivity contribution in [1.29, 1.82) is 0 Å². The summed E-state index contributed by atoms with van der Waals surface area (Å²) in [7, 11) is 0. The molecule has 0 radical (unpaired) electrons. The Kier molecular flexibility index (Phi) is 2.64. The first-order chi connectivity index (χ1) is 8.78. The molecule has 0 spiro atoms. The maximum absolute atomic E-state index is 5.69. The van der Waals surface area contributed by atoms with Gasteiger partial charge in [-0.05, 0) is 42.3 Å². The van der Waals surface area contributed by atoms with Crippen molar-refractivity contribution in [3.8, 4) is 11.6 Å². The van der Waals surface area contributed by atoms with Crippen molar-refractivity contribution in [2.45, 2.75) is 12.8 Å². The number of hydrogen-bond donors (Lipinski definition) is 2. The Labute approximate surface area is 105 Å². The van der Waals surface area contributed by atoms with E-state index in [0.29, 0.717) is 12.5 Å². The first kappa shape index (κ1) is 11.0. The molecule has 2 aromatic heterocycles. The first-order valence-electron chi connectivity index (χ1n) is 6.01. The van der Waals surface area contributed by atoms with Gasteiger partial charge in [0.25, 0.3) is 0 Å². The highest BCUT2D eigenvalue weighted by atomic mass is 16.3. The largest absolute Gasteiger partial charge is 0.461 e. The number of nitrogens with zero attached hydrogens (tertiary/aromatic N) is 1. The zero-order valence-corrected chi connectivity index (χ0v) is 10.2. The lowest BCUT2D eigenvalue weighted by atomic mass is 10.0. The van der Waals surface area contributed by atoms with Crippen molar-refractivity contribution in [1.82, 2.24) is 9.97 Å². The summed E-state index contributed by atoms with van der Waals surface area (Å²) < 4.78 is 5.33. The number of nitrogens with one attached hydrogen (secondary N) is 1. The number of imidazole rings is 1. The average molecular weight is 241 g/mol. The van der Waals surface area contributed by atoms with Crippen LogP contribution in [0, 0.1) is 0 Å². The minimum atomic E-state index is 0.352. The average Bonchev–Trinajstić information content (AvgIpc) is 3.04. The van der Waals surface area contributed by atoms with Gasteiger partial charge < -0.3 is 15.1 Å². The van der Waals surface area contributed by atoms with Crippen molar-refractivity contribution >= 4 is 11.0 Å². The number of furan rings is 1. The Morgan fingerprint density at radius 2 is 2.28 bits per heavy atom. The van der Waals surface area contributed by atoms with Gasteiger partial charge in [0.15, 0.2) is 11.6 Å². The topological polar surface area (TPSA) is 67.8 Å². The van der Waals surface area contributed by atoms with Crippen LogP contribution in [0.5, 0.6) is 0 Å². The molecule has 0 fully saturated rings. The zero-order valence-electron chi connectivity index (χ0n) is 10.2. The molecular formula is C14H15N3O. The third kappa shape index (κ3) is 1.80. The summed E-state index contributed by atoms with van der Waals surface area (Å²) in [6, 6.07) is 9.93. The van der Waals surface area contributed by atoms with E-state index in [0.717, 1.165) is 22.6 Å². The van der Waals surface area contributed by atoms with Gasteiger partial charge in [-0.25, -0.2) is 4.98 Å². The fourth-order valence-corrected chi connectivity index (χ4v) is 2.00. The van der Waals surface area contributed by atoms with E-state index in [-0.39, 0.29) is 0 Å². The van der Waals surface area contributed by atoms with Crippen LogP contribution < -0.4 is 5.73 Å². The van der Waals surface area contributed by atoms with Gasteiger partial charge in [-0.2, -0.15) is 0 Å². The predicted octanol–water partition coefficient (Wildman–Crippen LogP) is 2.89. The van der Waals surface area contributed by atoms with Gasteiger partial charge in [0, 0.05) is 0 Å². The molecule has 18 heavy (non-hydrogen) atoms. The summed E-state index contributed by atoms with van der Waals surface area (Å²) >= 11 is 0. The molecule has 92 valence electrons. The molecule has 0 amide bonds. The normalized spacial score (nSPS) is 13.0. The van der Waals surface area contributed by atoms with E-state index in [1.54, 1.807) is 6.26 Å². The van der Waals surface area contributed by atoms with Crippen LogP contribution in [0.4, 0.5) is 0 Å². The quantitative estimate of drug-likeness (QED) is 0.740. The molecule has 0 saturated heterocycles. The third-order valence-electron chi connectivity index (χ3n) is 3.18. The Bertz CT molecular complexity index is 655. The second-order valence-electron chi connectivity index (χ2n) is 4.48. The minimum absolute atomic E-state index is 0.352. The van der Waals surface area contributed by atoms with Crippen LogP contribution >= 0.6 is 0 Å². The number of hydrogen-bond acceptors (Lipinski definition) is 3. The Morgan fingerprint density at radius 1 is 1.39 bits per heavy atom. The molecule has 3 rings (SSSR count). The Hall–Kier alpha value is -2.07. The van der Waals surface area contributed by atoms with Crippen molar-refractivity contribution in [3.05, 3.63) is 42.2 Å². The van der Waals surface area contributed by atoms with E-state index in [2.05, 4.69) is 29.0 Å². The molecule has 2 heterocycles. The van der Waals surface area contributed by atoms with Crippen LogP contribution in [0.2, 0.25) is 0 Å². The molecular weight excluding hydrogens is 226 g/mol. The molecule has 4 heteroatoms. The number of aromatic amines is 1. The monoisotopic (exact) mass is 241 g/mol. The summed E-state index contributed by atoms with van der Waals surface area (Å²) in [5, 5.41) is 0. The van der Waals surface area contributed by atoms with Gasteiger partial charge in [0.1, 0.15) is 0 Å². The SMILES string of the molecule is CC(CN)c1ccc2nc(-c3ccco3)[nH]c2c1. The van der Waals surface area contributed by atoms with E-state index in [1.165, 1.54) is 5.56 Å². The lowest BCUT2D eigenvalue weighted by Gasteiger charge is -2.07. The van der Waals surface area contributed by atoms with Gasteiger partial charge in [-0.1, -0.05) is 13.0 Å². The maximum atomic E-state index is 5.69. The lowest BCUT2D eigenvalue weighted by Crippen LogP contribution is -2.08. The summed E-state index contributed by atoms with van der Waals surface area (Å²) in [5.74, 6) is 1.86. The van der Waals surface area contributed by atoms with E-state index in [9.17, 15) is 0 Å². The van der Waals surface area contributed by atoms with E-state index < -0.39 is 0 Å². The highest BCUT2D eigenvalue weighted by Crippen LogP contribution is 2.23. The molecule has 0 aliphatic carbocycles. The van der Waals surface area contributed by atoms with E-state index >= 15 is 0 Å². The van der Waals surface area contributed by atoms with Gasteiger partial charge in [0.05, 0.1) is 17.3 Å². The second kappa shape index (κ2) is 4.31. The van der Waals surface area contributed by atoms with Gasteiger partial charge in [-0.3, -0.25) is 0 Å². The fraction of sp³-hybridized carbons (Fsp3) is 0.214. The van der Waals surface area contributed by atoms with Crippen molar-refractivity contribution in [2.75, 3.05) is 6.54 Å². The molecule has 0 aliphatic heterocycles. The number of aromatic nitrogens is 2. The number of rotatable bonds is 3. The summed E-state index contributed by atoms with van der Waals surface area (Å²) in [5.41, 5.74) is 8.86. The van der Waals surface area contributed by atoms with Gasteiger partial charge in [-0.15, -0.1) is 0 Å². The molecule has 3 N–H and O–H groups in total. The highest BCUT2D eigenvalue weighted by Gasteiger charge is 2.09. The number of nitrogens with two attached hydrogens (primary N) is 1. The summed E-state index contributed by atoms with van der Waals surface area (Å²) in [6.07, 6.45) is 1.64. The fourth-order valence-electron chi connectivity index (χ4n) is 2.00. The first-order valence-corrected chi connectivity index (χ1v) is 6.01. The second-order valence-corrected chi connectivity index (χ2v) is 4.48. The number of H-pyrrole nitrogens is 1. The van der Waals surface area contributed by atoms with Crippen LogP contribution in [0.1, 0.15) is 18.4 Å². The van der Waals surface area contributed by atoms with Crippen LogP contribution in [-0.2, 0) is 0 Å². The molecule has 1 aromatic carbocycles. The van der Waals surface area contributed by atoms with E-state index in [4.69, 9.17) is 10.2 Å². The number of fused-ring (bicyclic) bond motifs is 1. The van der Waals surface area contributed by atoms with Crippen LogP contribution in [0.3, 0.4) is 0 Å². The molecule has 3 aromatic rings. The van der Waals surface area contributed by atoms with Gasteiger partial charge >= 0.3 is 0 Å². The molecule has 0 saturated carbocycles. The highest BCUT2D eigenvalue weighted by molar-refractivity contribution is 5.79. The molecule has 0 bridgehead atoms. The molecule has 0 aliphatic rings. The maximum Gasteiger partial charge on any atom is 0.174 e. The zero-order chi connectivity index (χ0) is 12.5. The lowest BCUT2D eigenvalue weighted by molar-refractivity contribution is 0.578. The number of benzene rings is 1. The Balaban J connectivity index is 2.07. The Morgan fingerprint density at radius 3 is 3.00 bits per heavy atom. The molecule has 1 atom stereocenters.